The Kier molecular flexibility index (Phi) is 2.44. The van der Waals surface area contributed by atoms with Gasteiger partial charge < -0.3 is 9.97 Å². The van der Waals surface area contributed by atoms with E-state index in [0.29, 0.717) is 34.5 Å². The molecule has 2 aromatic heterocycles. The second kappa shape index (κ2) is 3.77. The lowest BCUT2D eigenvalue weighted by atomic mass is 10.1. The van der Waals surface area contributed by atoms with E-state index >= 15 is 0 Å². The molecule has 0 aromatic carbocycles. The maximum absolute atomic E-state index is 11.0. The van der Waals surface area contributed by atoms with Gasteiger partial charge >= 0.3 is 0 Å². The topological polar surface area (TPSA) is 78.6 Å². The molecule has 0 aliphatic heterocycles. The Morgan fingerprint density at radius 3 is 2.50 bits per heavy atom. The van der Waals surface area contributed by atoms with Crippen LogP contribution in [0.5, 0.6) is 0 Å². The van der Waals surface area contributed by atoms with Gasteiger partial charge in [0, 0.05) is 11.3 Å². The average molecular weight is 217 g/mol. The Hall–Kier alpha value is -2.17. The standard InChI is InChI=1S/C11H11N3O2/c1-6-8(3-15)11(14-9(6)4-16)10-7(2)12-5-13-10/h3-5,14H,1-2H3,(H,12,13). The van der Waals surface area contributed by atoms with E-state index < -0.39 is 0 Å². The smallest absolute Gasteiger partial charge is 0.166 e. The van der Waals surface area contributed by atoms with Crippen molar-refractivity contribution >= 4 is 12.6 Å². The maximum atomic E-state index is 11.0. The second-order valence-electron chi connectivity index (χ2n) is 3.56. The summed E-state index contributed by atoms with van der Waals surface area (Å²) in [6.07, 6.45) is 2.99. The van der Waals surface area contributed by atoms with E-state index in [9.17, 15) is 9.59 Å². The van der Waals surface area contributed by atoms with Crippen molar-refractivity contribution < 1.29 is 9.59 Å². The zero-order valence-corrected chi connectivity index (χ0v) is 9.00. The normalized spacial score (nSPS) is 10.4. The molecule has 0 unspecified atom stereocenters. The Bertz CT molecular complexity index is 552. The van der Waals surface area contributed by atoms with Gasteiger partial charge in [-0.15, -0.1) is 0 Å². The molecule has 2 N–H and O–H groups in total. The van der Waals surface area contributed by atoms with Crippen molar-refractivity contribution in [3.05, 3.63) is 28.8 Å². The molecule has 5 heteroatoms. The van der Waals surface area contributed by atoms with Crippen LogP contribution in [-0.2, 0) is 0 Å². The predicted molar refractivity (Wildman–Crippen MR) is 58.6 cm³/mol. The lowest BCUT2D eigenvalue weighted by Gasteiger charge is -1.96. The number of carbonyl (C=O) groups is 2. The minimum Gasteiger partial charge on any atom is -0.350 e. The van der Waals surface area contributed by atoms with Gasteiger partial charge in [0.15, 0.2) is 12.6 Å². The second-order valence-corrected chi connectivity index (χ2v) is 3.56. The Labute approximate surface area is 91.9 Å². The number of nitrogens with zero attached hydrogens (tertiary/aromatic N) is 1. The van der Waals surface area contributed by atoms with Crippen LogP contribution in [0, 0.1) is 13.8 Å². The van der Waals surface area contributed by atoms with Crippen LogP contribution in [0.3, 0.4) is 0 Å². The molecule has 0 fully saturated rings. The van der Waals surface area contributed by atoms with Gasteiger partial charge in [0.25, 0.3) is 0 Å². The first-order chi connectivity index (χ1) is 7.69. The summed E-state index contributed by atoms with van der Waals surface area (Å²) < 4.78 is 0. The van der Waals surface area contributed by atoms with Crippen LogP contribution in [-0.4, -0.2) is 27.5 Å². The number of H-pyrrole nitrogens is 2. The summed E-state index contributed by atoms with van der Waals surface area (Å²) in [5.41, 5.74) is 3.66. The Morgan fingerprint density at radius 2 is 2.00 bits per heavy atom. The number of nitrogens with one attached hydrogen (secondary N) is 2. The van der Waals surface area contributed by atoms with E-state index in [1.807, 2.05) is 6.92 Å². The number of aryl methyl sites for hydroxylation is 1. The Morgan fingerprint density at radius 1 is 1.25 bits per heavy atom. The van der Waals surface area contributed by atoms with E-state index in [0.717, 1.165) is 12.0 Å². The van der Waals surface area contributed by atoms with Gasteiger partial charge in [0.1, 0.15) is 5.69 Å². The molecule has 2 heterocycles. The molecule has 0 aliphatic carbocycles. The van der Waals surface area contributed by atoms with E-state index in [2.05, 4.69) is 15.0 Å². The maximum Gasteiger partial charge on any atom is 0.166 e. The molecule has 0 amide bonds. The van der Waals surface area contributed by atoms with E-state index in [-0.39, 0.29) is 0 Å². The summed E-state index contributed by atoms with van der Waals surface area (Å²) in [7, 11) is 0. The molecular formula is C11H11N3O2. The highest BCUT2D eigenvalue weighted by molar-refractivity contribution is 5.92. The lowest BCUT2D eigenvalue weighted by Crippen LogP contribution is -1.88. The quantitative estimate of drug-likeness (QED) is 0.767. The SMILES string of the molecule is Cc1[nH]cnc1-c1[nH]c(C=O)c(C)c1C=O. The molecule has 0 atom stereocenters. The summed E-state index contributed by atoms with van der Waals surface area (Å²) in [6.45, 7) is 3.59. The van der Waals surface area contributed by atoms with Gasteiger partial charge in [0.2, 0.25) is 0 Å². The van der Waals surface area contributed by atoms with Crippen molar-refractivity contribution in [1.29, 1.82) is 0 Å². The van der Waals surface area contributed by atoms with Crippen molar-refractivity contribution in [1.82, 2.24) is 15.0 Å². The molecule has 0 radical (unpaired) electrons. The molecule has 2 aromatic rings. The fourth-order valence-electron chi connectivity index (χ4n) is 1.69. The van der Waals surface area contributed by atoms with Gasteiger partial charge in [-0.05, 0) is 19.4 Å². The first kappa shape index (κ1) is 10.4. The van der Waals surface area contributed by atoms with E-state index in [4.69, 9.17) is 0 Å². The molecule has 5 nitrogen and oxygen atoms in total. The molecule has 0 aliphatic rings. The van der Waals surface area contributed by atoms with Crippen LogP contribution in [0.4, 0.5) is 0 Å². The van der Waals surface area contributed by atoms with Crippen LogP contribution in [0.1, 0.15) is 32.1 Å². The van der Waals surface area contributed by atoms with Crippen molar-refractivity contribution in [2.24, 2.45) is 0 Å². The lowest BCUT2D eigenvalue weighted by molar-refractivity contribution is 0.111. The molecule has 0 spiro atoms. The largest absolute Gasteiger partial charge is 0.350 e. The first-order valence-corrected chi connectivity index (χ1v) is 4.82. The molecule has 2 rings (SSSR count). The van der Waals surface area contributed by atoms with E-state index in [1.165, 1.54) is 0 Å². The third kappa shape index (κ3) is 1.37. The Balaban J connectivity index is 2.70. The van der Waals surface area contributed by atoms with Gasteiger partial charge in [-0.25, -0.2) is 4.98 Å². The third-order valence-electron chi connectivity index (χ3n) is 2.64. The molecule has 0 saturated carbocycles. The number of aromatic amines is 2. The number of hydrogen-bond acceptors (Lipinski definition) is 3. The zero-order chi connectivity index (χ0) is 11.7. The van der Waals surface area contributed by atoms with Crippen molar-refractivity contribution in [2.75, 3.05) is 0 Å². The number of imidazole rings is 1. The van der Waals surface area contributed by atoms with Gasteiger partial charge in [-0.2, -0.15) is 0 Å². The number of aldehydes is 2. The summed E-state index contributed by atoms with van der Waals surface area (Å²) >= 11 is 0. The van der Waals surface area contributed by atoms with Crippen molar-refractivity contribution in [2.45, 2.75) is 13.8 Å². The highest BCUT2D eigenvalue weighted by Crippen LogP contribution is 2.26. The highest BCUT2D eigenvalue weighted by Gasteiger charge is 2.17. The molecule has 0 saturated heterocycles. The van der Waals surface area contributed by atoms with Gasteiger partial charge in [0.05, 0.1) is 17.7 Å². The summed E-state index contributed by atoms with van der Waals surface area (Å²) in [6, 6.07) is 0. The molecule has 16 heavy (non-hydrogen) atoms. The first-order valence-electron chi connectivity index (χ1n) is 4.82. The van der Waals surface area contributed by atoms with Crippen LogP contribution in [0.15, 0.2) is 6.33 Å². The summed E-state index contributed by atoms with van der Waals surface area (Å²) in [5.74, 6) is 0. The fourth-order valence-corrected chi connectivity index (χ4v) is 1.69. The van der Waals surface area contributed by atoms with E-state index in [1.54, 1.807) is 13.3 Å². The number of aromatic nitrogens is 3. The van der Waals surface area contributed by atoms with Crippen LogP contribution < -0.4 is 0 Å². The minimum absolute atomic E-state index is 0.416. The van der Waals surface area contributed by atoms with Crippen LogP contribution >= 0.6 is 0 Å². The van der Waals surface area contributed by atoms with Gasteiger partial charge in [-0.1, -0.05) is 0 Å². The van der Waals surface area contributed by atoms with Crippen LogP contribution in [0.25, 0.3) is 11.4 Å². The predicted octanol–water partition coefficient (Wildman–Crippen LogP) is 1.65. The summed E-state index contributed by atoms with van der Waals surface area (Å²) in [4.78, 5) is 31.8. The molecule has 82 valence electrons. The number of carbonyl (C=O) groups excluding carboxylic acids is 2. The zero-order valence-electron chi connectivity index (χ0n) is 9.00. The molecular weight excluding hydrogens is 206 g/mol. The summed E-state index contributed by atoms with van der Waals surface area (Å²) in [5, 5.41) is 0. The van der Waals surface area contributed by atoms with Crippen molar-refractivity contribution in [3.63, 3.8) is 0 Å². The van der Waals surface area contributed by atoms with Crippen LogP contribution in [0.2, 0.25) is 0 Å². The number of rotatable bonds is 3. The third-order valence-corrected chi connectivity index (χ3v) is 2.64. The van der Waals surface area contributed by atoms with Crippen molar-refractivity contribution in [3.8, 4) is 11.4 Å². The fraction of sp³-hybridized carbons (Fsp3) is 0.182. The monoisotopic (exact) mass is 217 g/mol. The highest BCUT2D eigenvalue weighted by atomic mass is 16.1. The average Bonchev–Trinajstić information content (AvgIpc) is 2.82. The molecule has 0 bridgehead atoms. The minimum atomic E-state index is 0.416. The van der Waals surface area contributed by atoms with Gasteiger partial charge in [-0.3, -0.25) is 9.59 Å². The number of hydrogen-bond donors (Lipinski definition) is 2.